The number of benzene rings is 1. The van der Waals surface area contributed by atoms with Crippen LogP contribution >= 0.6 is 0 Å². The van der Waals surface area contributed by atoms with E-state index in [0.717, 1.165) is 0 Å². The Labute approximate surface area is 102 Å². The first-order valence-electron chi connectivity index (χ1n) is 6.17. The molecule has 0 saturated heterocycles. The summed E-state index contributed by atoms with van der Waals surface area (Å²) in [5.74, 6) is 0.564. The third-order valence-electron chi connectivity index (χ3n) is 3.79. The van der Waals surface area contributed by atoms with E-state index in [9.17, 15) is 0 Å². The van der Waals surface area contributed by atoms with Crippen LogP contribution in [-0.2, 0) is 6.42 Å². The lowest BCUT2D eigenvalue weighted by Crippen LogP contribution is -2.22. The van der Waals surface area contributed by atoms with Crippen LogP contribution in [0.1, 0.15) is 35.1 Å². The molecule has 1 heterocycles. The first kappa shape index (κ1) is 10.6. The van der Waals surface area contributed by atoms with Gasteiger partial charge < -0.3 is 9.73 Å². The molecule has 0 spiro atoms. The van der Waals surface area contributed by atoms with Crippen LogP contribution < -0.4 is 5.32 Å². The maximum absolute atomic E-state index is 5.20. The van der Waals surface area contributed by atoms with E-state index in [0.29, 0.717) is 12.0 Å². The number of likely N-dealkylation sites (N-methyl/N-ethyl adjacent to an activating group) is 1. The van der Waals surface area contributed by atoms with E-state index in [1.807, 2.05) is 13.3 Å². The van der Waals surface area contributed by atoms with Crippen molar-refractivity contribution in [2.75, 3.05) is 7.05 Å². The van der Waals surface area contributed by atoms with Crippen LogP contribution in [-0.4, -0.2) is 7.05 Å². The second kappa shape index (κ2) is 4.38. The second-order valence-electron chi connectivity index (χ2n) is 4.67. The molecule has 1 aromatic heterocycles. The minimum Gasteiger partial charge on any atom is -0.472 e. The van der Waals surface area contributed by atoms with Gasteiger partial charge in [0.25, 0.3) is 0 Å². The maximum atomic E-state index is 5.20. The fourth-order valence-electron chi connectivity index (χ4n) is 2.99. The molecule has 1 N–H and O–H groups in total. The number of rotatable bonds is 3. The van der Waals surface area contributed by atoms with E-state index < -0.39 is 0 Å². The maximum Gasteiger partial charge on any atom is 0.0950 e. The highest BCUT2D eigenvalue weighted by Crippen LogP contribution is 2.41. The average molecular weight is 227 g/mol. The number of hydrogen-bond acceptors (Lipinski definition) is 2. The van der Waals surface area contributed by atoms with E-state index in [1.165, 1.54) is 29.5 Å². The minimum absolute atomic E-state index is 0.359. The van der Waals surface area contributed by atoms with Gasteiger partial charge in [-0.25, -0.2) is 0 Å². The zero-order chi connectivity index (χ0) is 11.7. The molecule has 2 atom stereocenters. The van der Waals surface area contributed by atoms with E-state index in [1.54, 1.807) is 6.26 Å². The molecule has 17 heavy (non-hydrogen) atoms. The summed E-state index contributed by atoms with van der Waals surface area (Å²) in [6.07, 6.45) is 6.01. The molecule has 0 amide bonds. The summed E-state index contributed by atoms with van der Waals surface area (Å²) in [6, 6.07) is 11.2. The Hall–Kier alpha value is -1.54. The van der Waals surface area contributed by atoms with Gasteiger partial charge in [0, 0.05) is 17.5 Å². The first-order chi connectivity index (χ1) is 8.40. The van der Waals surface area contributed by atoms with E-state index in [4.69, 9.17) is 4.42 Å². The van der Waals surface area contributed by atoms with Crippen LogP contribution in [0, 0.1) is 0 Å². The Morgan fingerprint density at radius 3 is 2.94 bits per heavy atom. The van der Waals surface area contributed by atoms with Gasteiger partial charge in [-0.1, -0.05) is 24.3 Å². The standard InChI is InChI=1S/C15H17NO/c1-16-15(12-8-9-17-10-12)14-7-6-11-4-2-3-5-13(11)14/h2-5,8-10,14-16H,6-7H2,1H3. The van der Waals surface area contributed by atoms with Crippen molar-refractivity contribution in [3.8, 4) is 0 Å². The molecular weight excluding hydrogens is 210 g/mol. The molecule has 0 bridgehead atoms. The number of aryl methyl sites for hydroxylation is 1. The molecule has 0 fully saturated rings. The van der Waals surface area contributed by atoms with E-state index in [-0.39, 0.29) is 0 Å². The molecule has 1 aliphatic rings. The summed E-state index contributed by atoms with van der Waals surface area (Å²) in [5.41, 5.74) is 4.24. The largest absolute Gasteiger partial charge is 0.472 e. The monoisotopic (exact) mass is 227 g/mol. The van der Waals surface area contributed by atoms with E-state index in [2.05, 4.69) is 35.6 Å². The SMILES string of the molecule is CNC(c1ccoc1)C1CCc2ccccc21. The molecule has 2 heteroatoms. The lowest BCUT2D eigenvalue weighted by Gasteiger charge is -2.22. The summed E-state index contributed by atoms with van der Waals surface area (Å²) < 4.78 is 5.20. The van der Waals surface area contributed by atoms with Crippen LogP contribution in [0.2, 0.25) is 0 Å². The van der Waals surface area contributed by atoms with Crippen molar-refractivity contribution in [3.05, 3.63) is 59.5 Å². The van der Waals surface area contributed by atoms with Gasteiger partial charge in [0.15, 0.2) is 0 Å². The summed E-state index contributed by atoms with van der Waals surface area (Å²) in [4.78, 5) is 0. The zero-order valence-electron chi connectivity index (χ0n) is 10.0. The molecule has 2 unspecified atom stereocenters. The smallest absolute Gasteiger partial charge is 0.0950 e. The summed E-state index contributed by atoms with van der Waals surface area (Å²) in [7, 11) is 2.03. The van der Waals surface area contributed by atoms with Gasteiger partial charge in [-0.15, -0.1) is 0 Å². The highest BCUT2D eigenvalue weighted by Gasteiger charge is 2.29. The Morgan fingerprint density at radius 1 is 1.29 bits per heavy atom. The molecule has 0 saturated carbocycles. The number of nitrogens with one attached hydrogen (secondary N) is 1. The van der Waals surface area contributed by atoms with Gasteiger partial charge in [-0.05, 0) is 37.1 Å². The fraction of sp³-hybridized carbons (Fsp3) is 0.333. The average Bonchev–Trinajstić information content (AvgIpc) is 3.01. The van der Waals surface area contributed by atoms with Crippen LogP contribution in [0.15, 0.2) is 47.3 Å². The second-order valence-corrected chi connectivity index (χ2v) is 4.67. The Kier molecular flexibility index (Phi) is 2.73. The van der Waals surface area contributed by atoms with Crippen molar-refractivity contribution in [2.24, 2.45) is 0 Å². The molecule has 0 aliphatic heterocycles. The predicted octanol–water partition coefficient (Wildman–Crippen LogP) is 3.27. The Morgan fingerprint density at radius 2 is 2.18 bits per heavy atom. The summed E-state index contributed by atoms with van der Waals surface area (Å²) >= 11 is 0. The topological polar surface area (TPSA) is 25.2 Å². The lowest BCUT2D eigenvalue weighted by molar-refractivity contribution is 0.468. The highest BCUT2D eigenvalue weighted by molar-refractivity contribution is 5.37. The molecular formula is C15H17NO. The number of fused-ring (bicyclic) bond motifs is 1. The Balaban J connectivity index is 1.95. The molecule has 1 aliphatic carbocycles. The predicted molar refractivity (Wildman–Crippen MR) is 68.0 cm³/mol. The first-order valence-corrected chi connectivity index (χ1v) is 6.17. The van der Waals surface area contributed by atoms with Crippen LogP contribution in [0.3, 0.4) is 0 Å². The van der Waals surface area contributed by atoms with Crippen molar-refractivity contribution in [1.82, 2.24) is 5.32 Å². The van der Waals surface area contributed by atoms with Crippen LogP contribution in [0.5, 0.6) is 0 Å². The van der Waals surface area contributed by atoms with Crippen LogP contribution in [0.25, 0.3) is 0 Å². The quantitative estimate of drug-likeness (QED) is 0.870. The van der Waals surface area contributed by atoms with Crippen molar-refractivity contribution >= 4 is 0 Å². The normalized spacial score (nSPS) is 20.2. The number of hydrogen-bond donors (Lipinski definition) is 1. The Bertz CT molecular complexity index is 489. The minimum atomic E-state index is 0.359. The van der Waals surface area contributed by atoms with Gasteiger partial charge in [-0.2, -0.15) is 0 Å². The van der Waals surface area contributed by atoms with Crippen molar-refractivity contribution < 1.29 is 4.42 Å². The fourth-order valence-corrected chi connectivity index (χ4v) is 2.99. The van der Waals surface area contributed by atoms with E-state index >= 15 is 0 Å². The molecule has 2 nitrogen and oxygen atoms in total. The summed E-state index contributed by atoms with van der Waals surface area (Å²) in [6.45, 7) is 0. The number of furan rings is 1. The van der Waals surface area contributed by atoms with Crippen molar-refractivity contribution in [3.63, 3.8) is 0 Å². The third-order valence-corrected chi connectivity index (χ3v) is 3.79. The van der Waals surface area contributed by atoms with Gasteiger partial charge in [0.2, 0.25) is 0 Å². The zero-order valence-corrected chi connectivity index (χ0v) is 10.0. The summed E-state index contributed by atoms with van der Waals surface area (Å²) in [5, 5.41) is 3.43. The molecule has 88 valence electrons. The molecule has 2 aromatic rings. The van der Waals surface area contributed by atoms with Gasteiger partial charge in [0.1, 0.15) is 0 Å². The van der Waals surface area contributed by atoms with Crippen LogP contribution in [0.4, 0.5) is 0 Å². The van der Waals surface area contributed by atoms with Gasteiger partial charge >= 0.3 is 0 Å². The molecule has 0 radical (unpaired) electrons. The van der Waals surface area contributed by atoms with Crippen molar-refractivity contribution in [2.45, 2.75) is 24.8 Å². The third kappa shape index (κ3) is 1.79. The molecule has 3 rings (SSSR count). The van der Waals surface area contributed by atoms with Gasteiger partial charge in [-0.3, -0.25) is 0 Å². The highest BCUT2D eigenvalue weighted by atomic mass is 16.3. The van der Waals surface area contributed by atoms with Crippen molar-refractivity contribution in [1.29, 1.82) is 0 Å². The lowest BCUT2D eigenvalue weighted by atomic mass is 9.89. The molecule has 1 aromatic carbocycles. The van der Waals surface area contributed by atoms with Gasteiger partial charge in [0.05, 0.1) is 12.5 Å².